The van der Waals surface area contributed by atoms with Gasteiger partial charge in [-0.2, -0.15) is 0 Å². The largest absolute Gasteiger partial charge is 0.444 e. The molecule has 1 N–H and O–H groups in total. The number of benzene rings is 1. The van der Waals surface area contributed by atoms with Gasteiger partial charge in [0.2, 0.25) is 0 Å². The summed E-state index contributed by atoms with van der Waals surface area (Å²) in [5.41, 5.74) is 0.835. The van der Waals surface area contributed by atoms with E-state index in [9.17, 15) is 4.79 Å². The van der Waals surface area contributed by atoms with Crippen LogP contribution in [0.4, 0.5) is 10.5 Å². The Kier molecular flexibility index (Phi) is 4.66. The van der Waals surface area contributed by atoms with E-state index in [1.807, 2.05) is 0 Å². The molecule has 0 aliphatic rings. The van der Waals surface area contributed by atoms with E-state index in [1.54, 1.807) is 39.0 Å². The van der Waals surface area contributed by atoms with Crippen molar-refractivity contribution < 1.29 is 9.53 Å². The number of nitrogens with one attached hydrogen (secondary N) is 1. The molecule has 0 aliphatic carbocycles. The van der Waals surface area contributed by atoms with E-state index in [-0.39, 0.29) is 0 Å². The Morgan fingerprint density at radius 1 is 1.41 bits per heavy atom. The molecule has 0 spiro atoms. The first-order valence-corrected chi connectivity index (χ1v) is 6.07. The smallest absolute Gasteiger partial charge is 0.412 e. The van der Waals surface area contributed by atoms with Gasteiger partial charge in [0, 0.05) is 5.88 Å². The number of halogens is 2. The van der Waals surface area contributed by atoms with Crippen LogP contribution in [0.25, 0.3) is 0 Å². The molecule has 0 unspecified atom stereocenters. The fourth-order valence-electron chi connectivity index (χ4n) is 1.16. The maximum atomic E-state index is 11.6. The molecule has 0 heterocycles. The highest BCUT2D eigenvalue weighted by Crippen LogP contribution is 2.24. The van der Waals surface area contributed by atoms with Crippen molar-refractivity contribution in [2.75, 3.05) is 5.32 Å². The molecule has 0 saturated carbocycles. The van der Waals surface area contributed by atoms with Gasteiger partial charge in [-0.25, -0.2) is 4.79 Å². The number of hydrogen-bond acceptors (Lipinski definition) is 2. The van der Waals surface area contributed by atoms with Gasteiger partial charge in [-0.3, -0.25) is 5.32 Å². The molecule has 17 heavy (non-hydrogen) atoms. The number of amides is 1. The quantitative estimate of drug-likeness (QED) is 0.812. The van der Waals surface area contributed by atoms with Gasteiger partial charge in [-0.15, -0.1) is 11.6 Å². The summed E-state index contributed by atoms with van der Waals surface area (Å²) in [6.07, 6.45) is -0.536. The Hall–Kier alpha value is -0.930. The Balaban J connectivity index is 2.77. The number of carbonyl (C=O) groups is 1. The fraction of sp³-hybridized carbons (Fsp3) is 0.417. The normalized spacial score (nSPS) is 11.1. The second-order valence-corrected chi connectivity index (χ2v) is 5.25. The van der Waals surface area contributed by atoms with Gasteiger partial charge in [-0.1, -0.05) is 17.7 Å². The lowest BCUT2D eigenvalue weighted by Gasteiger charge is -2.20. The molecule has 0 aliphatic heterocycles. The summed E-state index contributed by atoms with van der Waals surface area (Å²) in [5.74, 6) is 0.361. The highest BCUT2D eigenvalue weighted by atomic mass is 35.5. The van der Waals surface area contributed by atoms with Crippen LogP contribution in [0.2, 0.25) is 5.02 Å². The highest BCUT2D eigenvalue weighted by Gasteiger charge is 2.17. The average Bonchev–Trinajstić information content (AvgIpc) is 2.18. The molecule has 3 nitrogen and oxygen atoms in total. The van der Waals surface area contributed by atoms with Gasteiger partial charge in [-0.05, 0) is 38.5 Å². The molecule has 0 radical (unpaired) electrons. The summed E-state index contributed by atoms with van der Waals surface area (Å²) in [6.45, 7) is 5.39. The lowest BCUT2D eigenvalue weighted by atomic mass is 10.2. The van der Waals surface area contributed by atoms with Gasteiger partial charge in [0.25, 0.3) is 0 Å². The maximum Gasteiger partial charge on any atom is 0.412 e. The van der Waals surface area contributed by atoms with Crippen molar-refractivity contribution in [2.45, 2.75) is 32.3 Å². The van der Waals surface area contributed by atoms with Crippen LogP contribution in [-0.4, -0.2) is 11.7 Å². The summed E-state index contributed by atoms with van der Waals surface area (Å²) in [4.78, 5) is 11.6. The van der Waals surface area contributed by atoms with Crippen LogP contribution in [0.3, 0.4) is 0 Å². The van der Waals surface area contributed by atoms with Gasteiger partial charge in [0.05, 0.1) is 10.7 Å². The van der Waals surface area contributed by atoms with Gasteiger partial charge in [0.1, 0.15) is 5.60 Å². The van der Waals surface area contributed by atoms with Gasteiger partial charge in [0.15, 0.2) is 0 Å². The van der Waals surface area contributed by atoms with Crippen molar-refractivity contribution in [1.82, 2.24) is 0 Å². The van der Waals surface area contributed by atoms with E-state index >= 15 is 0 Å². The predicted molar refractivity (Wildman–Crippen MR) is 70.9 cm³/mol. The number of carbonyl (C=O) groups excluding carboxylic acids is 1. The molecule has 5 heteroatoms. The molecule has 0 aromatic heterocycles. The van der Waals surface area contributed by atoms with Crippen LogP contribution in [0.5, 0.6) is 0 Å². The van der Waals surface area contributed by atoms with Crippen molar-refractivity contribution >= 4 is 35.0 Å². The molecule has 1 aromatic carbocycles. The zero-order valence-corrected chi connectivity index (χ0v) is 11.5. The standard InChI is InChI=1S/C12H15Cl2NO2/c1-12(2,3)17-11(16)15-10-6-8(7-13)4-5-9(10)14/h4-6H,7H2,1-3H3,(H,15,16). The first-order valence-electron chi connectivity index (χ1n) is 5.16. The average molecular weight is 276 g/mol. The van der Waals surface area contributed by atoms with Crippen LogP contribution >= 0.6 is 23.2 Å². The molecule has 0 fully saturated rings. The molecule has 1 rings (SSSR count). The Bertz CT molecular complexity index is 413. The third kappa shape index (κ3) is 4.84. The molecular formula is C12H15Cl2NO2. The first kappa shape index (κ1) is 14.1. The lowest BCUT2D eigenvalue weighted by molar-refractivity contribution is 0.0636. The molecule has 94 valence electrons. The van der Waals surface area contributed by atoms with Crippen LogP contribution in [0.15, 0.2) is 18.2 Å². The molecule has 0 saturated heterocycles. The van der Waals surface area contributed by atoms with E-state index in [4.69, 9.17) is 27.9 Å². The van der Waals surface area contributed by atoms with Gasteiger partial charge < -0.3 is 4.74 Å². The van der Waals surface area contributed by atoms with Gasteiger partial charge >= 0.3 is 6.09 Å². The first-order chi connectivity index (χ1) is 7.81. The minimum Gasteiger partial charge on any atom is -0.444 e. The summed E-state index contributed by atoms with van der Waals surface area (Å²) < 4.78 is 5.13. The van der Waals surface area contributed by atoms with Crippen LogP contribution in [0, 0.1) is 0 Å². The summed E-state index contributed by atoms with van der Waals surface area (Å²) >= 11 is 11.7. The van der Waals surface area contributed by atoms with Crippen LogP contribution < -0.4 is 5.32 Å². The zero-order valence-electron chi connectivity index (χ0n) is 10.0. The number of alkyl halides is 1. The monoisotopic (exact) mass is 275 g/mol. The fourth-order valence-corrected chi connectivity index (χ4v) is 1.50. The summed E-state index contributed by atoms with van der Waals surface area (Å²) in [6, 6.07) is 5.21. The number of hydrogen-bond donors (Lipinski definition) is 1. The highest BCUT2D eigenvalue weighted by molar-refractivity contribution is 6.33. The van der Waals surface area contributed by atoms with Crippen molar-refractivity contribution in [1.29, 1.82) is 0 Å². The van der Waals surface area contributed by atoms with E-state index in [2.05, 4.69) is 5.32 Å². The van der Waals surface area contributed by atoms with Crippen molar-refractivity contribution in [3.63, 3.8) is 0 Å². The van der Waals surface area contributed by atoms with Crippen molar-refractivity contribution in [3.05, 3.63) is 28.8 Å². The molecule has 1 aromatic rings. The molecule has 1 amide bonds. The second kappa shape index (κ2) is 5.61. The number of ether oxygens (including phenoxy) is 1. The summed E-state index contributed by atoms with van der Waals surface area (Å²) in [5, 5.41) is 3.04. The third-order valence-electron chi connectivity index (χ3n) is 1.82. The summed E-state index contributed by atoms with van der Waals surface area (Å²) in [7, 11) is 0. The van der Waals surface area contributed by atoms with Crippen molar-refractivity contribution in [3.8, 4) is 0 Å². The van der Waals surface area contributed by atoms with Crippen LogP contribution in [-0.2, 0) is 10.6 Å². The topological polar surface area (TPSA) is 38.3 Å². The number of rotatable bonds is 2. The lowest BCUT2D eigenvalue weighted by Crippen LogP contribution is -2.27. The number of anilines is 1. The minimum atomic E-state index is -0.541. The van der Waals surface area contributed by atoms with E-state index < -0.39 is 11.7 Å². The van der Waals surface area contributed by atoms with E-state index in [0.717, 1.165) is 5.56 Å². The molecular weight excluding hydrogens is 261 g/mol. The third-order valence-corrected chi connectivity index (χ3v) is 2.46. The maximum absolute atomic E-state index is 11.6. The van der Waals surface area contributed by atoms with Crippen LogP contribution in [0.1, 0.15) is 26.3 Å². The zero-order chi connectivity index (χ0) is 13.1. The Labute approximate surface area is 111 Å². The molecule has 0 bridgehead atoms. The Morgan fingerprint density at radius 2 is 2.06 bits per heavy atom. The van der Waals surface area contributed by atoms with Crippen molar-refractivity contribution in [2.24, 2.45) is 0 Å². The van der Waals surface area contributed by atoms with E-state index in [0.29, 0.717) is 16.6 Å². The Morgan fingerprint density at radius 3 is 2.59 bits per heavy atom. The van der Waals surface area contributed by atoms with E-state index in [1.165, 1.54) is 0 Å². The molecule has 0 atom stereocenters. The SMILES string of the molecule is CC(C)(C)OC(=O)Nc1cc(CCl)ccc1Cl. The second-order valence-electron chi connectivity index (χ2n) is 4.57. The predicted octanol–water partition coefficient (Wildman–Crippen LogP) is 4.43. The minimum absolute atomic E-state index is 0.361.